The molecule has 33 heavy (non-hydrogen) atoms. The molecule has 5 nitrogen and oxygen atoms in total. The van der Waals surface area contributed by atoms with E-state index in [4.69, 9.17) is 11.6 Å². The van der Waals surface area contributed by atoms with Crippen molar-refractivity contribution in [3.63, 3.8) is 0 Å². The molecule has 1 aliphatic heterocycles. The fraction of sp³-hybridized carbons (Fsp3) is 0.333. The number of fused-ring (bicyclic) bond motifs is 1. The Labute approximate surface area is 203 Å². The Bertz CT molecular complexity index is 1370. The van der Waals surface area contributed by atoms with Crippen LogP contribution in [0.3, 0.4) is 0 Å². The van der Waals surface area contributed by atoms with Crippen LogP contribution in [-0.4, -0.2) is 29.9 Å². The Kier molecular flexibility index (Phi) is 6.66. The Morgan fingerprint density at radius 2 is 1.79 bits per heavy atom. The van der Waals surface area contributed by atoms with E-state index in [1.807, 2.05) is 0 Å². The Hall–Kier alpha value is -1.87. The van der Waals surface area contributed by atoms with E-state index in [-0.39, 0.29) is 44.2 Å². The number of carbonyl (C=O) groups excluding carboxylic acids is 2. The van der Waals surface area contributed by atoms with Crippen LogP contribution >= 0.6 is 11.6 Å². The number of hydrogen-bond acceptors (Lipinski definition) is 5. The highest BCUT2D eigenvalue weighted by Gasteiger charge is 2.37. The number of halogens is 1. The lowest BCUT2D eigenvalue weighted by Gasteiger charge is -2.34. The molecule has 1 atom stereocenters. The Balaban J connectivity index is 1.93. The van der Waals surface area contributed by atoms with Gasteiger partial charge in [-0.25, -0.2) is 12.6 Å². The van der Waals surface area contributed by atoms with Crippen LogP contribution in [0.15, 0.2) is 62.7 Å². The summed E-state index contributed by atoms with van der Waals surface area (Å²) < 4.78 is 38.5. The summed E-state index contributed by atoms with van der Waals surface area (Å²) in [5.41, 5.74) is 0.479. The van der Waals surface area contributed by atoms with Crippen molar-refractivity contribution in [3.05, 3.63) is 69.1 Å². The minimum Gasteiger partial charge on any atom is -0.294 e. The van der Waals surface area contributed by atoms with E-state index in [1.54, 1.807) is 30.3 Å². The summed E-state index contributed by atoms with van der Waals surface area (Å²) in [6, 6.07) is 11.2. The lowest BCUT2D eigenvalue weighted by Crippen LogP contribution is -2.29. The third kappa shape index (κ3) is 4.22. The van der Waals surface area contributed by atoms with Gasteiger partial charge in [0.2, 0.25) is 9.84 Å². The molecule has 1 heterocycles. The van der Waals surface area contributed by atoms with E-state index in [0.717, 1.165) is 12.0 Å². The zero-order valence-electron chi connectivity index (χ0n) is 18.2. The molecule has 0 N–H and O–H groups in total. The number of hydrogen-bond donors (Lipinski definition) is 0. The van der Waals surface area contributed by atoms with Crippen LogP contribution in [0.25, 0.3) is 0 Å². The molecule has 2 aliphatic rings. The smallest absolute Gasteiger partial charge is 0.203 e. The summed E-state index contributed by atoms with van der Waals surface area (Å²) in [4.78, 5) is 27.1. The maximum absolute atomic E-state index is 13.7. The minimum absolute atomic E-state index is 0.0441. The maximum atomic E-state index is 13.7. The van der Waals surface area contributed by atoms with Gasteiger partial charge in [-0.05, 0) is 48.4 Å². The normalized spacial score (nSPS) is 20.3. The largest absolute Gasteiger partial charge is 0.294 e. The average molecular weight is 523 g/mol. The van der Waals surface area contributed by atoms with Gasteiger partial charge in [-0.3, -0.25) is 9.59 Å². The standard InChI is InChI=1S/C24H23ClO5S3/c1-24(2)13-14-32(31-28)23-17(24)12-11-16(21(23)25)22(27)20-18(26)9-6-10-19(20)33(29,30)15-7-4-3-5-8-15/h3-5,7-8,11-12H,6,9-10,13-14H2,1-2H3. The SMILES string of the molecule is CC1(C)CCS(=S=O)c2c1ccc(C(=O)C1=C(S(=O)(=O)c3ccccc3)CCCC1=O)c2Cl. The first-order chi connectivity index (χ1) is 15.6. The molecule has 9 heteroatoms. The fourth-order valence-corrected chi connectivity index (χ4v) is 9.82. The van der Waals surface area contributed by atoms with Gasteiger partial charge in [0.15, 0.2) is 11.6 Å². The van der Waals surface area contributed by atoms with Gasteiger partial charge in [0.1, 0.15) is 10.2 Å². The molecule has 0 spiro atoms. The number of Topliss-reactive ketones (excluding diaryl/α,β-unsaturated/α-hetero) is 2. The molecule has 2 aromatic carbocycles. The molecule has 174 valence electrons. The maximum Gasteiger partial charge on any atom is 0.203 e. The van der Waals surface area contributed by atoms with Crippen molar-refractivity contribution < 1.29 is 22.2 Å². The van der Waals surface area contributed by atoms with Gasteiger partial charge in [-0.1, -0.05) is 59.2 Å². The summed E-state index contributed by atoms with van der Waals surface area (Å²) in [5.74, 6) is -0.530. The van der Waals surface area contributed by atoms with Gasteiger partial charge in [0, 0.05) is 22.6 Å². The Morgan fingerprint density at radius 1 is 1.09 bits per heavy atom. The molecule has 0 bridgehead atoms. The molecule has 0 saturated heterocycles. The Morgan fingerprint density at radius 3 is 2.45 bits per heavy atom. The van der Waals surface area contributed by atoms with Crippen molar-refractivity contribution in [2.75, 3.05) is 5.75 Å². The molecule has 0 radical (unpaired) electrons. The molecule has 4 rings (SSSR count). The molecule has 1 unspecified atom stereocenters. The summed E-state index contributed by atoms with van der Waals surface area (Å²) in [5, 5.41) is 0.152. The molecule has 0 amide bonds. The quantitative estimate of drug-likeness (QED) is 0.425. The molecule has 1 aliphatic carbocycles. The number of sulfone groups is 1. The number of ketones is 2. The van der Waals surface area contributed by atoms with Crippen molar-refractivity contribution in [2.45, 2.75) is 54.7 Å². The van der Waals surface area contributed by atoms with Crippen molar-refractivity contribution in [3.8, 4) is 0 Å². The number of allylic oxidation sites excluding steroid dienone is 2. The van der Waals surface area contributed by atoms with Crippen LogP contribution in [0, 0.1) is 0 Å². The summed E-state index contributed by atoms with van der Waals surface area (Å²) >= 11 is 6.72. The van der Waals surface area contributed by atoms with E-state index in [0.29, 0.717) is 27.3 Å². The second-order valence-electron chi connectivity index (χ2n) is 8.78. The van der Waals surface area contributed by atoms with E-state index in [9.17, 15) is 22.2 Å². The highest BCUT2D eigenvalue weighted by molar-refractivity contribution is 8.31. The molecule has 0 aromatic heterocycles. The number of benzene rings is 2. The molecule has 2 aromatic rings. The number of rotatable bonds is 4. The predicted octanol–water partition coefficient (Wildman–Crippen LogP) is 4.79. The third-order valence-electron chi connectivity index (χ3n) is 6.26. The predicted molar refractivity (Wildman–Crippen MR) is 132 cm³/mol. The number of carbonyl (C=O) groups is 2. The second-order valence-corrected chi connectivity index (χ2v) is 14.4. The first-order valence-electron chi connectivity index (χ1n) is 10.5. The van der Waals surface area contributed by atoms with Crippen LogP contribution < -0.4 is 0 Å². The van der Waals surface area contributed by atoms with Crippen LogP contribution in [0.5, 0.6) is 0 Å². The molecular formula is C24H23ClO5S3. The first-order valence-corrected chi connectivity index (χ1v) is 15.1. The summed E-state index contributed by atoms with van der Waals surface area (Å²) in [6.07, 6.45) is 1.40. The minimum atomic E-state index is -4.02. The average Bonchev–Trinajstić information content (AvgIpc) is 2.79. The van der Waals surface area contributed by atoms with Gasteiger partial charge >= 0.3 is 0 Å². The zero-order chi connectivity index (χ0) is 24.0. The highest BCUT2D eigenvalue weighted by Crippen LogP contribution is 2.43. The topological polar surface area (TPSA) is 85.3 Å². The van der Waals surface area contributed by atoms with E-state index in [1.165, 1.54) is 12.1 Å². The van der Waals surface area contributed by atoms with Gasteiger partial charge in [-0.15, -0.1) is 0 Å². The highest BCUT2D eigenvalue weighted by atomic mass is 35.5. The van der Waals surface area contributed by atoms with Crippen LogP contribution in [0.1, 0.15) is 55.5 Å². The lowest BCUT2D eigenvalue weighted by molar-refractivity contribution is -0.115. The van der Waals surface area contributed by atoms with Crippen molar-refractivity contribution in [2.24, 2.45) is 0 Å². The van der Waals surface area contributed by atoms with Crippen LogP contribution in [-0.2, 0) is 39.7 Å². The van der Waals surface area contributed by atoms with Crippen molar-refractivity contribution >= 4 is 52.7 Å². The lowest BCUT2D eigenvalue weighted by atomic mass is 9.81. The summed E-state index contributed by atoms with van der Waals surface area (Å²) in [7, 11) is -4.27. The summed E-state index contributed by atoms with van der Waals surface area (Å²) in [6.45, 7) is 4.13. The first kappa shape index (κ1) is 24.3. The zero-order valence-corrected chi connectivity index (χ0v) is 21.4. The monoisotopic (exact) mass is 522 g/mol. The molecule has 0 saturated carbocycles. The fourth-order valence-electron chi connectivity index (χ4n) is 4.35. The van der Waals surface area contributed by atoms with Crippen LogP contribution in [0.4, 0.5) is 0 Å². The van der Waals surface area contributed by atoms with E-state index >= 15 is 0 Å². The third-order valence-corrected chi connectivity index (χ3v) is 11.8. The van der Waals surface area contributed by atoms with Gasteiger partial charge in [-0.2, -0.15) is 0 Å². The molecule has 0 fully saturated rings. The van der Waals surface area contributed by atoms with E-state index in [2.05, 4.69) is 13.8 Å². The van der Waals surface area contributed by atoms with Crippen LogP contribution in [0.2, 0.25) is 5.02 Å². The van der Waals surface area contributed by atoms with Gasteiger partial charge < -0.3 is 0 Å². The molecular weight excluding hydrogens is 500 g/mol. The van der Waals surface area contributed by atoms with E-state index < -0.39 is 30.9 Å². The van der Waals surface area contributed by atoms with Gasteiger partial charge in [0.05, 0.1) is 20.4 Å². The van der Waals surface area contributed by atoms with Gasteiger partial charge in [0.25, 0.3) is 0 Å². The van der Waals surface area contributed by atoms with Crippen molar-refractivity contribution in [1.82, 2.24) is 0 Å². The van der Waals surface area contributed by atoms with Crippen molar-refractivity contribution in [1.29, 1.82) is 0 Å². The second kappa shape index (κ2) is 9.06.